The first-order valence-corrected chi connectivity index (χ1v) is 3.34. The number of hydrogen-bond donors (Lipinski definition) is 0. The van der Waals surface area contributed by atoms with Crippen molar-refractivity contribution < 1.29 is 4.42 Å². The molecular weight excluding hydrogens is 236 g/mol. The van der Waals surface area contributed by atoms with Gasteiger partial charge in [-0.15, -0.1) is 0 Å². The molecular formula is C17H38O2. The lowest BCUT2D eigenvalue weighted by molar-refractivity contribution is 0.602. The first-order valence-electron chi connectivity index (χ1n) is 3.34. The van der Waals surface area contributed by atoms with E-state index in [2.05, 4.69) is 0 Å². The van der Waals surface area contributed by atoms with Crippen LogP contribution in [0.15, 0.2) is 45.8 Å². The van der Waals surface area contributed by atoms with E-state index >= 15 is 0 Å². The van der Waals surface area contributed by atoms with Crippen LogP contribution >= 0.6 is 0 Å². The van der Waals surface area contributed by atoms with Crippen LogP contribution < -0.4 is 5.43 Å². The third kappa shape index (κ3) is 9.06. The van der Waals surface area contributed by atoms with E-state index in [1.807, 2.05) is 12.1 Å². The summed E-state index contributed by atoms with van der Waals surface area (Å²) >= 11 is 0. The van der Waals surface area contributed by atoms with Gasteiger partial charge in [-0.1, -0.05) is 71.5 Å². The molecule has 0 saturated carbocycles. The minimum atomic E-state index is 0. The largest absolute Gasteiger partial charge is 0.464 e. The smallest absolute Gasteiger partial charge is 0.192 e. The zero-order valence-electron chi connectivity index (χ0n) is 5.78. The van der Waals surface area contributed by atoms with Gasteiger partial charge in [0.25, 0.3) is 0 Å². The molecule has 0 amide bonds. The lowest BCUT2D eigenvalue weighted by atomic mass is 10.2. The van der Waals surface area contributed by atoms with Crippen molar-refractivity contribution >= 4 is 11.0 Å². The fourth-order valence-corrected chi connectivity index (χ4v) is 1.03. The summed E-state index contributed by atoms with van der Waals surface area (Å²) in [7, 11) is 0. The molecule has 0 aliphatic heterocycles. The molecule has 0 bridgehead atoms. The molecule has 0 unspecified atom stereocenters. The second-order valence-corrected chi connectivity index (χ2v) is 2.28. The van der Waals surface area contributed by atoms with Gasteiger partial charge in [0, 0.05) is 6.07 Å². The molecule has 0 atom stereocenters. The van der Waals surface area contributed by atoms with E-state index in [9.17, 15) is 4.79 Å². The van der Waals surface area contributed by atoms with E-state index in [0.29, 0.717) is 11.0 Å². The minimum absolute atomic E-state index is 0. The molecule has 0 radical (unpaired) electrons. The highest BCUT2D eigenvalue weighted by Crippen LogP contribution is 2.06. The second kappa shape index (κ2) is 18.8. The fourth-order valence-electron chi connectivity index (χ4n) is 1.03. The van der Waals surface area contributed by atoms with E-state index in [1.165, 1.54) is 12.3 Å². The Hall–Kier alpha value is -1.57. The van der Waals surface area contributed by atoms with Gasteiger partial charge < -0.3 is 4.42 Å². The summed E-state index contributed by atoms with van der Waals surface area (Å²) in [5.74, 6) is 0. The van der Waals surface area contributed by atoms with E-state index in [1.54, 1.807) is 12.1 Å². The highest BCUT2D eigenvalue weighted by molar-refractivity contribution is 5.75. The Morgan fingerprint density at radius 3 is 1.63 bits per heavy atom. The Morgan fingerprint density at radius 1 is 0.684 bits per heavy atom. The van der Waals surface area contributed by atoms with Gasteiger partial charge in [0.2, 0.25) is 0 Å². The van der Waals surface area contributed by atoms with E-state index in [4.69, 9.17) is 4.42 Å². The molecule has 2 rings (SSSR count). The predicted octanol–water partition coefficient (Wildman–Crippen LogP) is 6.88. The van der Waals surface area contributed by atoms with Crippen LogP contribution in [0.1, 0.15) is 59.4 Å². The molecule has 0 spiro atoms. The van der Waals surface area contributed by atoms with Crippen molar-refractivity contribution in [3.05, 3.63) is 46.8 Å². The number of benzene rings is 1. The lowest BCUT2D eigenvalue weighted by Crippen LogP contribution is -1.96. The van der Waals surface area contributed by atoms with Crippen molar-refractivity contribution in [3.63, 3.8) is 0 Å². The van der Waals surface area contributed by atoms with Crippen LogP contribution in [0.2, 0.25) is 0 Å². The van der Waals surface area contributed by atoms with Gasteiger partial charge in [0.05, 0.1) is 11.6 Å². The number of rotatable bonds is 0. The highest BCUT2D eigenvalue weighted by Gasteiger charge is 1.95. The van der Waals surface area contributed by atoms with E-state index < -0.39 is 0 Å². The maximum Gasteiger partial charge on any atom is 0.192 e. The molecule has 0 fully saturated rings. The molecule has 19 heavy (non-hydrogen) atoms. The van der Waals surface area contributed by atoms with Crippen LogP contribution in [-0.2, 0) is 0 Å². The Bertz CT molecular complexity index is 425. The van der Waals surface area contributed by atoms with Gasteiger partial charge in [-0.05, 0) is 12.1 Å². The zero-order valence-corrected chi connectivity index (χ0v) is 5.78. The molecule has 1 aromatic carbocycles. The van der Waals surface area contributed by atoms with Crippen molar-refractivity contribution in [1.82, 2.24) is 0 Å². The van der Waals surface area contributed by atoms with Gasteiger partial charge in [0.15, 0.2) is 5.43 Å². The van der Waals surface area contributed by atoms with Crippen molar-refractivity contribution in [2.75, 3.05) is 0 Å². The molecule has 2 nitrogen and oxygen atoms in total. The monoisotopic (exact) mass is 274 g/mol. The summed E-state index contributed by atoms with van der Waals surface area (Å²) < 4.78 is 5.09. The van der Waals surface area contributed by atoms with Crippen LogP contribution in [0.4, 0.5) is 0 Å². The second-order valence-electron chi connectivity index (χ2n) is 2.28. The van der Waals surface area contributed by atoms with E-state index in [0.717, 1.165) is 0 Å². The minimum Gasteiger partial charge on any atom is -0.464 e. The molecule has 0 aliphatic carbocycles. The summed E-state index contributed by atoms with van der Waals surface area (Å²) in [5.41, 5.74) is 0.645. The quantitative estimate of drug-likeness (QED) is 0.524. The van der Waals surface area contributed by atoms with Gasteiger partial charge in [-0.25, -0.2) is 0 Å². The Kier molecular flexibility index (Phi) is 42.8. The lowest BCUT2D eigenvalue weighted by Gasteiger charge is -1.91. The zero-order chi connectivity index (χ0) is 7.68. The Labute approximate surface area is 122 Å². The van der Waals surface area contributed by atoms with Crippen LogP contribution in [0.5, 0.6) is 0 Å². The molecule has 118 valence electrons. The molecule has 0 N–H and O–H groups in total. The van der Waals surface area contributed by atoms with Crippen molar-refractivity contribution in [1.29, 1.82) is 0 Å². The highest BCUT2D eigenvalue weighted by atomic mass is 16.3. The summed E-state index contributed by atoms with van der Waals surface area (Å²) in [6.45, 7) is 0. The standard InChI is InChI=1S/C9H6O2.8CH4/c10-8-5-6-11-9-4-2-1-3-7(8)9;;;;;;;;/h1-6H;8*1H4. The molecule has 1 aromatic heterocycles. The van der Waals surface area contributed by atoms with Crippen LogP contribution in [0.3, 0.4) is 0 Å². The summed E-state index contributed by atoms with van der Waals surface area (Å²) in [6.07, 6.45) is 1.41. The van der Waals surface area contributed by atoms with Gasteiger partial charge in [-0.3, -0.25) is 4.79 Å². The number of fused-ring (bicyclic) bond motifs is 1. The third-order valence-electron chi connectivity index (χ3n) is 1.57. The Morgan fingerprint density at radius 2 is 1.16 bits per heavy atom. The summed E-state index contributed by atoms with van der Waals surface area (Å²) in [5, 5.41) is 0.634. The average Bonchev–Trinajstić information content (AvgIpc) is 2.06. The maximum atomic E-state index is 11.1. The van der Waals surface area contributed by atoms with Crippen LogP contribution in [0.25, 0.3) is 11.0 Å². The predicted molar refractivity (Wildman–Crippen MR) is 96.3 cm³/mol. The van der Waals surface area contributed by atoms with E-state index in [-0.39, 0.29) is 64.8 Å². The molecule has 0 saturated heterocycles. The Balaban J connectivity index is -0.0000000360. The fraction of sp³-hybridized carbons (Fsp3) is 0.471. The number of para-hydroxylation sites is 1. The SMILES string of the molecule is C.C.C.C.C.C.C.C.O=c1ccoc2ccccc12. The summed E-state index contributed by atoms with van der Waals surface area (Å²) in [4.78, 5) is 11.1. The normalized spacial score (nSPS) is 5.89. The molecule has 1 heterocycles. The molecule has 2 aromatic rings. The van der Waals surface area contributed by atoms with Gasteiger partial charge >= 0.3 is 0 Å². The molecule has 2 heteroatoms. The summed E-state index contributed by atoms with van der Waals surface area (Å²) in [6, 6.07) is 8.60. The average molecular weight is 274 g/mol. The van der Waals surface area contributed by atoms with Crippen LogP contribution in [-0.4, -0.2) is 0 Å². The maximum absolute atomic E-state index is 11.1. The first kappa shape index (κ1) is 43.3. The van der Waals surface area contributed by atoms with Crippen molar-refractivity contribution in [3.8, 4) is 0 Å². The molecule has 0 aliphatic rings. The van der Waals surface area contributed by atoms with Crippen molar-refractivity contribution in [2.24, 2.45) is 0 Å². The van der Waals surface area contributed by atoms with Crippen LogP contribution in [0, 0.1) is 0 Å². The van der Waals surface area contributed by atoms with Gasteiger partial charge in [0.1, 0.15) is 5.58 Å². The first-order chi connectivity index (χ1) is 5.38. The van der Waals surface area contributed by atoms with Gasteiger partial charge in [-0.2, -0.15) is 0 Å². The number of hydrogen-bond acceptors (Lipinski definition) is 2. The van der Waals surface area contributed by atoms with Crippen molar-refractivity contribution in [2.45, 2.75) is 59.4 Å². The third-order valence-corrected chi connectivity index (χ3v) is 1.57. The topological polar surface area (TPSA) is 30.2 Å².